The predicted molar refractivity (Wildman–Crippen MR) is 55.0 cm³/mol. The fourth-order valence-corrected chi connectivity index (χ4v) is 1.41. The van der Waals surface area contributed by atoms with Crippen LogP contribution in [0.2, 0.25) is 0 Å². The average Bonchev–Trinajstić information content (AvgIpc) is 2.55. The van der Waals surface area contributed by atoms with E-state index in [9.17, 15) is 14.4 Å². The van der Waals surface area contributed by atoms with Gasteiger partial charge in [0.25, 0.3) is 0 Å². The zero-order chi connectivity index (χ0) is 13.9. The van der Waals surface area contributed by atoms with Gasteiger partial charge in [0, 0.05) is 0 Å². The molecule has 2 atom stereocenters. The zero-order valence-electron chi connectivity index (χ0n) is 9.39. The molecule has 9 heteroatoms. The second-order valence-electron chi connectivity index (χ2n) is 3.79. The minimum Gasteiger partial charge on any atom is -0.394 e. The maximum atomic E-state index is 11.7. The largest absolute Gasteiger partial charge is 0.394 e. The Kier molecular flexibility index (Phi) is 4.73. The standard InChI is InChI=1S/C9H14N2O7/c12-3-5(14)1-10-7(16)8(17)11(9(10)18)2-6(15)4-13/h5-6,12-15H,1-4H2. The van der Waals surface area contributed by atoms with Crippen molar-refractivity contribution in [3.63, 3.8) is 0 Å². The van der Waals surface area contributed by atoms with Crippen molar-refractivity contribution in [3.8, 4) is 0 Å². The van der Waals surface area contributed by atoms with E-state index < -0.39 is 56.4 Å². The lowest BCUT2D eigenvalue weighted by atomic mass is 10.3. The van der Waals surface area contributed by atoms with Gasteiger partial charge >= 0.3 is 17.8 Å². The fourth-order valence-electron chi connectivity index (χ4n) is 1.41. The minimum atomic E-state index is -1.34. The van der Waals surface area contributed by atoms with E-state index in [4.69, 9.17) is 20.4 Å². The van der Waals surface area contributed by atoms with Crippen LogP contribution in [-0.2, 0) is 9.59 Å². The third-order valence-corrected chi connectivity index (χ3v) is 2.34. The molecule has 102 valence electrons. The molecule has 2 unspecified atom stereocenters. The van der Waals surface area contributed by atoms with Crippen molar-refractivity contribution >= 4 is 17.8 Å². The van der Waals surface area contributed by atoms with Crippen LogP contribution in [0.3, 0.4) is 0 Å². The molecule has 0 aromatic heterocycles. The van der Waals surface area contributed by atoms with Gasteiger partial charge in [-0.3, -0.25) is 19.4 Å². The fraction of sp³-hybridized carbons (Fsp3) is 0.667. The number of aliphatic hydroxyl groups excluding tert-OH is 4. The Morgan fingerprint density at radius 3 is 1.44 bits per heavy atom. The Morgan fingerprint density at radius 1 is 0.833 bits per heavy atom. The zero-order valence-corrected chi connectivity index (χ0v) is 9.39. The highest BCUT2D eigenvalue weighted by Crippen LogP contribution is 2.13. The molecule has 1 aliphatic heterocycles. The number of nitrogens with zero attached hydrogens (tertiary/aromatic N) is 2. The molecule has 1 saturated heterocycles. The first-order valence-corrected chi connectivity index (χ1v) is 5.17. The molecule has 1 heterocycles. The Bertz CT molecular complexity index is 327. The predicted octanol–water partition coefficient (Wildman–Crippen LogP) is -3.52. The van der Waals surface area contributed by atoms with Crippen LogP contribution >= 0.6 is 0 Å². The number of urea groups is 1. The van der Waals surface area contributed by atoms with Crippen LogP contribution in [0.15, 0.2) is 0 Å². The second kappa shape index (κ2) is 5.87. The van der Waals surface area contributed by atoms with E-state index in [0.717, 1.165) is 0 Å². The van der Waals surface area contributed by atoms with Crippen LogP contribution in [-0.4, -0.2) is 86.6 Å². The molecule has 0 aromatic carbocycles. The van der Waals surface area contributed by atoms with Gasteiger partial charge in [0.15, 0.2) is 0 Å². The minimum absolute atomic E-state index is 0.479. The van der Waals surface area contributed by atoms with E-state index in [0.29, 0.717) is 9.80 Å². The van der Waals surface area contributed by atoms with Gasteiger partial charge in [-0.15, -0.1) is 0 Å². The summed E-state index contributed by atoms with van der Waals surface area (Å²) in [6.45, 7) is -2.34. The number of amides is 4. The van der Waals surface area contributed by atoms with Crippen molar-refractivity contribution in [3.05, 3.63) is 0 Å². The van der Waals surface area contributed by atoms with E-state index in [1.54, 1.807) is 0 Å². The molecule has 0 aromatic rings. The highest BCUT2D eigenvalue weighted by atomic mass is 16.3. The first-order chi connectivity index (χ1) is 8.42. The lowest BCUT2D eigenvalue weighted by molar-refractivity contribution is -0.144. The van der Waals surface area contributed by atoms with Crippen LogP contribution < -0.4 is 0 Å². The van der Waals surface area contributed by atoms with Gasteiger partial charge in [-0.05, 0) is 0 Å². The first kappa shape index (κ1) is 14.5. The van der Waals surface area contributed by atoms with E-state index in [-0.39, 0.29) is 0 Å². The molecule has 1 aliphatic rings. The van der Waals surface area contributed by atoms with Crippen molar-refractivity contribution in [2.45, 2.75) is 12.2 Å². The maximum Gasteiger partial charge on any atom is 0.334 e. The number of β-amino-alcohol motifs (C(OH)–C–C–N with tert-alkyl or cyclic N) is 2. The van der Waals surface area contributed by atoms with Gasteiger partial charge in [0.1, 0.15) is 0 Å². The lowest BCUT2D eigenvalue weighted by Crippen LogP contribution is -2.42. The van der Waals surface area contributed by atoms with E-state index in [2.05, 4.69) is 0 Å². The van der Waals surface area contributed by atoms with Crippen LogP contribution in [0.5, 0.6) is 0 Å². The Labute approximate surface area is 102 Å². The number of carbonyl (C=O) groups is 3. The molecular weight excluding hydrogens is 248 g/mol. The average molecular weight is 262 g/mol. The normalized spacial score (nSPS) is 19.7. The SMILES string of the molecule is O=C1C(=O)N(CC(O)CO)C(=O)N1CC(O)CO. The maximum absolute atomic E-state index is 11.7. The summed E-state index contributed by atoms with van der Waals surface area (Å²) in [4.78, 5) is 35.5. The Morgan fingerprint density at radius 2 is 1.17 bits per heavy atom. The molecule has 0 spiro atoms. The molecule has 1 fully saturated rings. The number of hydrogen-bond donors (Lipinski definition) is 4. The number of rotatable bonds is 6. The summed E-state index contributed by atoms with van der Waals surface area (Å²) < 4.78 is 0. The topological polar surface area (TPSA) is 139 Å². The van der Waals surface area contributed by atoms with Gasteiger partial charge < -0.3 is 20.4 Å². The molecule has 4 amide bonds. The van der Waals surface area contributed by atoms with Crippen molar-refractivity contribution in [1.29, 1.82) is 0 Å². The smallest absolute Gasteiger partial charge is 0.334 e. The van der Waals surface area contributed by atoms with Crippen LogP contribution in [0, 0.1) is 0 Å². The number of imide groups is 2. The van der Waals surface area contributed by atoms with Gasteiger partial charge in [0.2, 0.25) is 0 Å². The van der Waals surface area contributed by atoms with Gasteiger partial charge in [-0.25, -0.2) is 4.79 Å². The third kappa shape index (κ3) is 2.82. The Hall–Kier alpha value is -1.55. The summed E-state index contributed by atoms with van der Waals surface area (Å²) in [5.41, 5.74) is 0. The molecule has 1 rings (SSSR count). The summed E-state index contributed by atoms with van der Waals surface area (Å²) >= 11 is 0. The van der Waals surface area contributed by atoms with E-state index in [1.807, 2.05) is 0 Å². The van der Waals surface area contributed by atoms with E-state index >= 15 is 0 Å². The molecule has 0 aliphatic carbocycles. The van der Waals surface area contributed by atoms with Crippen molar-refractivity contribution in [2.75, 3.05) is 26.3 Å². The molecule has 0 bridgehead atoms. The molecule has 9 nitrogen and oxygen atoms in total. The van der Waals surface area contributed by atoms with Gasteiger partial charge in [0.05, 0.1) is 38.5 Å². The van der Waals surface area contributed by atoms with Crippen LogP contribution in [0.4, 0.5) is 4.79 Å². The lowest BCUT2D eigenvalue weighted by Gasteiger charge is -2.18. The summed E-state index contributed by atoms with van der Waals surface area (Å²) in [5, 5.41) is 35.5. The highest BCUT2D eigenvalue weighted by molar-refractivity contribution is 6.44. The Balaban J connectivity index is 2.77. The van der Waals surface area contributed by atoms with Crippen LogP contribution in [0.1, 0.15) is 0 Å². The number of hydrogen-bond acceptors (Lipinski definition) is 7. The van der Waals surface area contributed by atoms with Crippen molar-refractivity contribution < 1.29 is 34.8 Å². The highest BCUT2D eigenvalue weighted by Gasteiger charge is 2.45. The molecule has 18 heavy (non-hydrogen) atoms. The molecule has 4 N–H and O–H groups in total. The monoisotopic (exact) mass is 262 g/mol. The van der Waals surface area contributed by atoms with Gasteiger partial charge in [-0.2, -0.15) is 0 Å². The van der Waals surface area contributed by atoms with Crippen molar-refractivity contribution in [2.24, 2.45) is 0 Å². The summed E-state index contributed by atoms with van der Waals surface area (Å²) in [6.07, 6.45) is -2.68. The van der Waals surface area contributed by atoms with Crippen molar-refractivity contribution in [1.82, 2.24) is 9.80 Å². The molecular formula is C9H14N2O7. The molecule has 0 saturated carbocycles. The third-order valence-electron chi connectivity index (χ3n) is 2.34. The summed E-state index contributed by atoms with van der Waals surface area (Å²) in [5.74, 6) is -2.28. The first-order valence-electron chi connectivity index (χ1n) is 5.17. The number of carbonyl (C=O) groups excluding carboxylic acids is 3. The van der Waals surface area contributed by atoms with E-state index in [1.165, 1.54) is 0 Å². The van der Waals surface area contributed by atoms with Gasteiger partial charge in [-0.1, -0.05) is 0 Å². The number of aliphatic hydroxyl groups is 4. The second-order valence-corrected chi connectivity index (χ2v) is 3.79. The molecule has 0 radical (unpaired) electrons. The summed E-state index contributed by atoms with van der Waals surface area (Å²) in [6, 6.07) is -0.995. The quantitative estimate of drug-likeness (QED) is 0.287. The summed E-state index contributed by atoms with van der Waals surface area (Å²) in [7, 11) is 0. The van der Waals surface area contributed by atoms with Crippen LogP contribution in [0.25, 0.3) is 0 Å².